The van der Waals surface area contributed by atoms with E-state index in [0.717, 1.165) is 5.56 Å². The van der Waals surface area contributed by atoms with Gasteiger partial charge in [-0.2, -0.15) is 0 Å². The van der Waals surface area contributed by atoms with Gasteiger partial charge in [0.15, 0.2) is 0 Å². The summed E-state index contributed by atoms with van der Waals surface area (Å²) in [5.41, 5.74) is 0.798. The molecule has 0 aliphatic rings. The second-order valence-electron chi connectivity index (χ2n) is 3.16. The Kier molecular flexibility index (Phi) is 3.41. The molecule has 0 aliphatic heterocycles. The van der Waals surface area contributed by atoms with Gasteiger partial charge in [0.05, 0.1) is 6.26 Å². The molecule has 0 atom stereocenters. The van der Waals surface area contributed by atoms with Gasteiger partial charge in [-0.25, -0.2) is 0 Å². The highest BCUT2D eigenvalue weighted by Crippen LogP contribution is 2.20. The zero-order chi connectivity index (χ0) is 11.4. The summed E-state index contributed by atoms with van der Waals surface area (Å²) in [4.78, 5) is 11.4. The summed E-state index contributed by atoms with van der Waals surface area (Å²) in [6.45, 7) is 0.341. The molecule has 0 bridgehead atoms. The largest absolute Gasteiger partial charge is 0.481 e. The highest BCUT2D eigenvalue weighted by Gasteiger charge is 2.07. The Morgan fingerprint density at radius 1 is 1.19 bits per heavy atom. The average Bonchev–Trinajstić information content (AvgIpc) is 2.30. The molecule has 0 fully saturated rings. The van der Waals surface area contributed by atoms with Crippen molar-refractivity contribution in [3.8, 4) is 5.75 Å². The molecular formula is C12H9BrO3. The van der Waals surface area contributed by atoms with Crippen LogP contribution < -0.4 is 10.2 Å². The molecule has 0 saturated carbocycles. The van der Waals surface area contributed by atoms with E-state index in [2.05, 4.69) is 15.9 Å². The first-order chi connectivity index (χ1) is 7.77. The van der Waals surface area contributed by atoms with Crippen molar-refractivity contribution in [1.29, 1.82) is 0 Å². The van der Waals surface area contributed by atoms with Crippen LogP contribution in [0.2, 0.25) is 0 Å². The molecule has 0 saturated heterocycles. The minimum absolute atomic E-state index is 0.200. The number of halogens is 1. The summed E-state index contributed by atoms with van der Waals surface area (Å²) in [6.07, 6.45) is 1.32. The lowest BCUT2D eigenvalue weighted by atomic mass is 10.2. The van der Waals surface area contributed by atoms with E-state index < -0.39 is 0 Å². The van der Waals surface area contributed by atoms with Crippen molar-refractivity contribution in [3.05, 3.63) is 63.1 Å². The Morgan fingerprint density at radius 2 is 1.94 bits per heavy atom. The number of rotatable bonds is 3. The normalized spacial score (nSPS) is 10.1. The van der Waals surface area contributed by atoms with Gasteiger partial charge in [0.2, 0.25) is 15.8 Å². The fourth-order valence-electron chi connectivity index (χ4n) is 1.24. The van der Waals surface area contributed by atoms with Gasteiger partial charge in [-0.3, -0.25) is 4.79 Å². The van der Waals surface area contributed by atoms with Gasteiger partial charge in [-0.1, -0.05) is 30.3 Å². The van der Waals surface area contributed by atoms with Gasteiger partial charge in [-0.15, -0.1) is 0 Å². The van der Waals surface area contributed by atoms with Crippen molar-refractivity contribution in [2.45, 2.75) is 6.61 Å². The predicted molar refractivity (Wildman–Crippen MR) is 63.5 cm³/mol. The fraction of sp³-hybridized carbons (Fsp3) is 0.0833. The first kappa shape index (κ1) is 11.0. The molecule has 0 unspecified atom stereocenters. The molecule has 1 heterocycles. The monoisotopic (exact) mass is 280 g/mol. The lowest BCUT2D eigenvalue weighted by Crippen LogP contribution is -2.07. The summed E-state index contributed by atoms with van der Waals surface area (Å²) >= 11 is 3.13. The lowest BCUT2D eigenvalue weighted by Gasteiger charge is -2.05. The minimum Gasteiger partial charge on any atom is -0.481 e. The highest BCUT2D eigenvalue weighted by atomic mass is 79.9. The maximum absolute atomic E-state index is 11.4. The van der Waals surface area contributed by atoms with Crippen molar-refractivity contribution in [2.24, 2.45) is 0 Å². The zero-order valence-electron chi connectivity index (χ0n) is 8.35. The summed E-state index contributed by atoms with van der Waals surface area (Å²) in [6, 6.07) is 10.9. The molecule has 1 aromatic carbocycles. The molecule has 0 spiro atoms. The van der Waals surface area contributed by atoms with Gasteiger partial charge in [-0.05, 0) is 21.5 Å². The van der Waals surface area contributed by atoms with Crippen LogP contribution in [0.3, 0.4) is 0 Å². The summed E-state index contributed by atoms with van der Waals surface area (Å²) in [5.74, 6) is 0.200. The summed E-state index contributed by atoms with van der Waals surface area (Å²) in [5, 5.41) is 0. The van der Waals surface area contributed by atoms with Gasteiger partial charge in [0.25, 0.3) is 0 Å². The Balaban J connectivity index is 2.14. The number of benzene rings is 1. The number of hydrogen-bond donors (Lipinski definition) is 0. The third kappa shape index (κ3) is 2.52. The van der Waals surface area contributed by atoms with Gasteiger partial charge >= 0.3 is 0 Å². The van der Waals surface area contributed by atoms with Crippen LogP contribution in [0.5, 0.6) is 5.75 Å². The van der Waals surface area contributed by atoms with Crippen LogP contribution in [-0.2, 0) is 6.61 Å². The highest BCUT2D eigenvalue weighted by molar-refractivity contribution is 9.10. The Morgan fingerprint density at radius 3 is 2.62 bits per heavy atom. The van der Waals surface area contributed by atoms with E-state index in [-0.39, 0.29) is 11.2 Å². The minimum atomic E-state index is -0.200. The van der Waals surface area contributed by atoms with Crippen LogP contribution in [-0.4, -0.2) is 0 Å². The van der Waals surface area contributed by atoms with E-state index in [9.17, 15) is 4.79 Å². The Bertz CT molecular complexity index is 519. The molecule has 0 radical (unpaired) electrons. The van der Waals surface area contributed by atoms with Crippen molar-refractivity contribution < 1.29 is 9.15 Å². The van der Waals surface area contributed by atoms with Crippen LogP contribution in [0, 0.1) is 0 Å². The van der Waals surface area contributed by atoms with E-state index >= 15 is 0 Å². The smallest absolute Gasteiger partial charge is 0.227 e. The van der Waals surface area contributed by atoms with Crippen LogP contribution in [0.4, 0.5) is 0 Å². The molecule has 16 heavy (non-hydrogen) atoms. The third-order valence-electron chi connectivity index (χ3n) is 2.02. The molecule has 82 valence electrons. The van der Waals surface area contributed by atoms with E-state index in [1.54, 1.807) is 0 Å². The molecule has 4 heteroatoms. The molecule has 3 nitrogen and oxygen atoms in total. The van der Waals surface area contributed by atoms with Gasteiger partial charge in [0, 0.05) is 6.07 Å². The van der Waals surface area contributed by atoms with Gasteiger partial charge in [0.1, 0.15) is 6.61 Å². The van der Waals surface area contributed by atoms with Gasteiger partial charge < -0.3 is 9.15 Å². The van der Waals surface area contributed by atoms with E-state index in [1.165, 1.54) is 12.3 Å². The standard InChI is InChI=1S/C12H9BrO3/c13-12-11(10(14)6-7-15-12)16-8-9-4-2-1-3-5-9/h1-7H,8H2. The maximum atomic E-state index is 11.4. The second kappa shape index (κ2) is 4.99. The van der Waals surface area contributed by atoms with Crippen LogP contribution in [0.1, 0.15) is 5.56 Å². The van der Waals surface area contributed by atoms with Crippen LogP contribution >= 0.6 is 15.9 Å². The first-order valence-electron chi connectivity index (χ1n) is 4.71. The molecule has 0 aliphatic carbocycles. The van der Waals surface area contributed by atoms with E-state index in [1.807, 2.05) is 30.3 Å². The van der Waals surface area contributed by atoms with E-state index in [0.29, 0.717) is 11.3 Å². The maximum Gasteiger partial charge on any atom is 0.227 e. The van der Waals surface area contributed by atoms with Crippen LogP contribution in [0.25, 0.3) is 0 Å². The molecule has 0 amide bonds. The Labute approximate surface area is 101 Å². The topological polar surface area (TPSA) is 39.4 Å². The molecule has 0 N–H and O–H groups in total. The Hall–Kier alpha value is -1.55. The third-order valence-corrected chi connectivity index (χ3v) is 2.57. The van der Waals surface area contributed by atoms with Crippen LogP contribution in [0.15, 0.2) is 56.5 Å². The molecule has 2 rings (SSSR count). The first-order valence-corrected chi connectivity index (χ1v) is 5.50. The van der Waals surface area contributed by atoms with E-state index in [4.69, 9.17) is 9.15 Å². The summed E-state index contributed by atoms with van der Waals surface area (Å²) in [7, 11) is 0. The number of hydrogen-bond acceptors (Lipinski definition) is 3. The fourth-order valence-corrected chi connectivity index (χ4v) is 1.66. The SMILES string of the molecule is O=c1ccoc(Br)c1OCc1ccccc1. The molecular weight excluding hydrogens is 272 g/mol. The average molecular weight is 281 g/mol. The quantitative estimate of drug-likeness (QED) is 0.868. The van der Waals surface area contributed by atoms with Crippen molar-refractivity contribution in [3.63, 3.8) is 0 Å². The van der Waals surface area contributed by atoms with Crippen molar-refractivity contribution >= 4 is 15.9 Å². The van der Waals surface area contributed by atoms with Crippen molar-refractivity contribution in [2.75, 3.05) is 0 Å². The summed E-state index contributed by atoms with van der Waals surface area (Å²) < 4.78 is 10.7. The number of ether oxygens (including phenoxy) is 1. The predicted octanol–water partition coefficient (Wildman–Crippen LogP) is 2.98. The second-order valence-corrected chi connectivity index (χ2v) is 3.88. The molecule has 2 aromatic rings. The lowest BCUT2D eigenvalue weighted by molar-refractivity contribution is 0.286. The molecule has 1 aromatic heterocycles. The zero-order valence-corrected chi connectivity index (χ0v) is 9.94. The van der Waals surface area contributed by atoms with Crippen molar-refractivity contribution in [1.82, 2.24) is 0 Å².